The van der Waals surface area contributed by atoms with Crippen molar-refractivity contribution < 1.29 is 21.7 Å². The van der Waals surface area contributed by atoms with Crippen molar-refractivity contribution in [3.8, 4) is 0 Å². The standard InChI is InChI=1S/C15H15F2N3O3S/c16-15(17)7-9(8-15)13-18-14(23-19-13)11-6-12(11)20-24(21,22)10-4-2-1-3-5-10/h1-5,9,11-12,20H,6-8H2/t11-,12-/m1/s1. The third kappa shape index (κ3) is 2.93. The Morgan fingerprint density at radius 1 is 1.21 bits per heavy atom. The molecule has 1 aromatic heterocycles. The lowest BCUT2D eigenvalue weighted by atomic mass is 9.81. The van der Waals surface area contributed by atoms with Crippen LogP contribution in [0.1, 0.15) is 42.8 Å². The van der Waals surface area contributed by atoms with Gasteiger partial charge in [0.2, 0.25) is 21.8 Å². The monoisotopic (exact) mass is 355 g/mol. The first-order valence-corrected chi connectivity index (χ1v) is 9.11. The summed E-state index contributed by atoms with van der Waals surface area (Å²) in [6.07, 6.45) is 0.0237. The lowest BCUT2D eigenvalue weighted by molar-refractivity contribution is -0.0888. The highest BCUT2D eigenvalue weighted by Gasteiger charge is 2.49. The van der Waals surface area contributed by atoms with Gasteiger partial charge < -0.3 is 4.52 Å². The number of benzene rings is 1. The maximum absolute atomic E-state index is 12.9. The van der Waals surface area contributed by atoms with Gasteiger partial charge in [0.1, 0.15) is 0 Å². The molecule has 1 aromatic carbocycles. The molecule has 2 aromatic rings. The van der Waals surface area contributed by atoms with E-state index in [-0.39, 0.29) is 41.4 Å². The van der Waals surface area contributed by atoms with Crippen molar-refractivity contribution in [1.29, 1.82) is 0 Å². The Labute approximate surface area is 137 Å². The van der Waals surface area contributed by atoms with Crippen LogP contribution in [0.25, 0.3) is 0 Å². The first-order chi connectivity index (χ1) is 11.3. The van der Waals surface area contributed by atoms with E-state index in [1.807, 2.05) is 0 Å². The van der Waals surface area contributed by atoms with Crippen molar-refractivity contribution in [2.45, 2.75) is 48.0 Å². The number of aromatic nitrogens is 2. The number of rotatable bonds is 5. The number of halogens is 2. The van der Waals surface area contributed by atoms with Crippen LogP contribution in [0.3, 0.4) is 0 Å². The van der Waals surface area contributed by atoms with E-state index in [4.69, 9.17) is 4.52 Å². The predicted octanol–water partition coefficient (Wildman–Crippen LogP) is 2.42. The van der Waals surface area contributed by atoms with Crippen LogP contribution in [0.5, 0.6) is 0 Å². The normalized spacial score (nSPS) is 26.1. The van der Waals surface area contributed by atoms with Crippen LogP contribution in [0.4, 0.5) is 8.78 Å². The number of hydrogen-bond acceptors (Lipinski definition) is 5. The molecule has 2 saturated carbocycles. The summed E-state index contributed by atoms with van der Waals surface area (Å²) in [5.41, 5.74) is 0. The van der Waals surface area contributed by atoms with Crippen molar-refractivity contribution >= 4 is 10.0 Å². The highest BCUT2D eigenvalue weighted by molar-refractivity contribution is 7.89. The van der Waals surface area contributed by atoms with Gasteiger partial charge in [-0.3, -0.25) is 0 Å². The van der Waals surface area contributed by atoms with Gasteiger partial charge in [-0.2, -0.15) is 4.98 Å². The summed E-state index contributed by atoms with van der Waals surface area (Å²) in [4.78, 5) is 4.36. The van der Waals surface area contributed by atoms with Gasteiger partial charge in [-0.15, -0.1) is 0 Å². The second-order valence-corrected chi connectivity index (χ2v) is 8.05. The second kappa shape index (κ2) is 5.32. The molecular weight excluding hydrogens is 340 g/mol. The summed E-state index contributed by atoms with van der Waals surface area (Å²) in [6, 6.07) is 7.76. The maximum Gasteiger partial charge on any atom is 0.249 e. The molecule has 0 unspecified atom stereocenters. The molecule has 2 atom stereocenters. The van der Waals surface area contributed by atoms with Crippen molar-refractivity contribution in [2.24, 2.45) is 0 Å². The number of alkyl halides is 2. The zero-order valence-corrected chi connectivity index (χ0v) is 13.3. The highest BCUT2D eigenvalue weighted by atomic mass is 32.2. The van der Waals surface area contributed by atoms with Crippen molar-refractivity contribution in [3.05, 3.63) is 42.0 Å². The molecule has 0 bridgehead atoms. The summed E-state index contributed by atoms with van der Waals surface area (Å²) >= 11 is 0. The lowest BCUT2D eigenvalue weighted by Gasteiger charge is -2.32. The molecule has 0 amide bonds. The molecule has 24 heavy (non-hydrogen) atoms. The fourth-order valence-electron chi connectivity index (χ4n) is 2.87. The Balaban J connectivity index is 1.40. The minimum absolute atomic E-state index is 0.193. The largest absolute Gasteiger partial charge is 0.339 e. The van der Waals surface area contributed by atoms with Crippen molar-refractivity contribution in [2.75, 3.05) is 0 Å². The molecule has 0 saturated heterocycles. The SMILES string of the molecule is O=S(=O)(N[C@@H]1C[C@H]1c1nc(C2CC(F)(F)C2)no1)c1ccccc1. The first kappa shape index (κ1) is 15.6. The molecule has 1 N–H and O–H groups in total. The molecule has 0 spiro atoms. The van der Waals surface area contributed by atoms with E-state index in [2.05, 4.69) is 14.9 Å². The van der Waals surface area contributed by atoms with Crippen LogP contribution in [0, 0.1) is 0 Å². The first-order valence-electron chi connectivity index (χ1n) is 7.63. The van der Waals surface area contributed by atoms with E-state index in [9.17, 15) is 17.2 Å². The Morgan fingerprint density at radius 2 is 1.92 bits per heavy atom. The summed E-state index contributed by atoms with van der Waals surface area (Å²) in [5, 5.41) is 3.76. The molecule has 128 valence electrons. The lowest BCUT2D eigenvalue weighted by Crippen LogP contribution is -2.34. The van der Waals surface area contributed by atoms with E-state index < -0.39 is 15.9 Å². The van der Waals surface area contributed by atoms with Crippen LogP contribution in [0.15, 0.2) is 39.8 Å². The van der Waals surface area contributed by atoms with Crippen molar-refractivity contribution in [1.82, 2.24) is 14.9 Å². The minimum Gasteiger partial charge on any atom is -0.339 e. The van der Waals surface area contributed by atoms with E-state index in [0.717, 1.165) is 0 Å². The molecule has 2 aliphatic rings. The van der Waals surface area contributed by atoms with Gasteiger partial charge in [0.25, 0.3) is 0 Å². The summed E-state index contributed by atoms with van der Waals surface area (Å²) in [6.45, 7) is 0. The summed E-state index contributed by atoms with van der Waals surface area (Å²) in [5.74, 6) is -2.63. The van der Waals surface area contributed by atoms with Gasteiger partial charge in [0.05, 0.1) is 10.8 Å². The molecule has 0 aliphatic heterocycles. The Kier molecular flexibility index (Phi) is 3.47. The average Bonchev–Trinajstić information content (AvgIpc) is 3.09. The molecule has 4 rings (SSSR count). The average molecular weight is 355 g/mol. The van der Waals surface area contributed by atoms with Crippen molar-refractivity contribution in [3.63, 3.8) is 0 Å². The summed E-state index contributed by atoms with van der Waals surface area (Å²) in [7, 11) is -3.60. The number of nitrogens with one attached hydrogen (secondary N) is 1. The van der Waals surface area contributed by atoms with Crippen LogP contribution in [-0.2, 0) is 10.0 Å². The topological polar surface area (TPSA) is 85.1 Å². The maximum atomic E-state index is 12.9. The third-order valence-corrected chi connectivity index (χ3v) is 5.89. The molecule has 9 heteroatoms. The molecule has 2 fully saturated rings. The Morgan fingerprint density at radius 3 is 2.58 bits per heavy atom. The Bertz CT molecular complexity index is 846. The van der Waals surface area contributed by atoms with E-state index in [1.165, 1.54) is 12.1 Å². The molecule has 1 heterocycles. The zero-order chi connectivity index (χ0) is 16.9. The van der Waals surface area contributed by atoms with Gasteiger partial charge in [-0.1, -0.05) is 23.4 Å². The van der Waals surface area contributed by atoms with E-state index >= 15 is 0 Å². The quantitative estimate of drug-likeness (QED) is 0.890. The second-order valence-electron chi connectivity index (χ2n) is 6.33. The molecule has 2 aliphatic carbocycles. The van der Waals surface area contributed by atoms with Crippen LogP contribution in [-0.4, -0.2) is 30.5 Å². The van der Waals surface area contributed by atoms with E-state index in [1.54, 1.807) is 18.2 Å². The number of hydrogen-bond donors (Lipinski definition) is 1. The van der Waals surface area contributed by atoms with Gasteiger partial charge in [-0.05, 0) is 18.6 Å². The fraction of sp³-hybridized carbons (Fsp3) is 0.467. The van der Waals surface area contributed by atoms with Crippen LogP contribution >= 0.6 is 0 Å². The van der Waals surface area contributed by atoms with E-state index in [0.29, 0.717) is 12.3 Å². The summed E-state index contributed by atoms with van der Waals surface area (Å²) < 4.78 is 58.0. The van der Waals surface area contributed by atoms with Gasteiger partial charge in [0.15, 0.2) is 5.82 Å². The van der Waals surface area contributed by atoms with Crippen LogP contribution in [0.2, 0.25) is 0 Å². The minimum atomic E-state index is -3.60. The fourth-order valence-corrected chi connectivity index (χ4v) is 4.18. The van der Waals surface area contributed by atoms with Gasteiger partial charge >= 0.3 is 0 Å². The zero-order valence-electron chi connectivity index (χ0n) is 12.5. The van der Waals surface area contributed by atoms with Gasteiger partial charge in [-0.25, -0.2) is 21.9 Å². The third-order valence-electron chi connectivity index (χ3n) is 4.38. The van der Waals surface area contributed by atoms with Crippen LogP contribution < -0.4 is 4.72 Å². The number of sulfonamides is 1. The smallest absolute Gasteiger partial charge is 0.249 e. The molecular formula is C15H15F2N3O3S. The highest BCUT2D eigenvalue weighted by Crippen LogP contribution is 2.48. The molecule has 0 radical (unpaired) electrons. The Hall–Kier alpha value is -1.87. The predicted molar refractivity (Wildman–Crippen MR) is 79.1 cm³/mol. The molecule has 6 nitrogen and oxygen atoms in total. The number of nitrogens with zero attached hydrogens (tertiary/aromatic N) is 2. The van der Waals surface area contributed by atoms with Gasteiger partial charge in [0, 0.05) is 24.8 Å².